The van der Waals surface area contributed by atoms with Crippen molar-refractivity contribution in [3.05, 3.63) is 23.8 Å². The van der Waals surface area contributed by atoms with E-state index in [1.165, 1.54) is 32.1 Å². The monoisotopic (exact) mass is 380 g/mol. The number of carbonyl (C=O) groups is 1. The van der Waals surface area contributed by atoms with Crippen LogP contribution in [0, 0.1) is 0 Å². The molecule has 1 rings (SSSR count). The summed E-state index contributed by atoms with van der Waals surface area (Å²) in [4.78, 5) is 11.9. The van der Waals surface area contributed by atoms with Crippen molar-refractivity contribution in [2.45, 2.75) is 72.1 Å². The number of rotatable bonds is 14. The molecule has 27 heavy (non-hydrogen) atoms. The van der Waals surface area contributed by atoms with E-state index < -0.39 is 0 Å². The van der Waals surface area contributed by atoms with Gasteiger partial charge in [0.15, 0.2) is 17.8 Å². The Labute approximate surface area is 164 Å². The van der Waals surface area contributed by atoms with Crippen molar-refractivity contribution >= 4 is 6.03 Å². The van der Waals surface area contributed by atoms with Crippen molar-refractivity contribution in [2.75, 3.05) is 20.3 Å². The minimum Gasteiger partial charge on any atom is -0.493 e. The van der Waals surface area contributed by atoms with Crippen LogP contribution in [0.1, 0.15) is 64.9 Å². The quantitative estimate of drug-likeness (QED) is 0.365. The predicted octanol–water partition coefficient (Wildman–Crippen LogP) is 4.62. The van der Waals surface area contributed by atoms with Crippen LogP contribution in [0.3, 0.4) is 0 Å². The van der Waals surface area contributed by atoms with Gasteiger partial charge in [-0.25, -0.2) is 4.79 Å². The molecule has 0 saturated carbocycles. The predicted molar refractivity (Wildman–Crippen MR) is 108 cm³/mol. The number of hydrogen-bond acceptors (Lipinski definition) is 4. The van der Waals surface area contributed by atoms with Crippen LogP contribution < -0.4 is 20.1 Å². The van der Waals surface area contributed by atoms with Gasteiger partial charge < -0.3 is 24.8 Å². The molecule has 1 aromatic rings. The molecule has 0 heterocycles. The SMILES string of the molecule is CCCCCCCCNC(=O)NCc1ccc(OC(C)OCC)c(OC)c1. The van der Waals surface area contributed by atoms with Gasteiger partial charge in [-0.2, -0.15) is 0 Å². The topological polar surface area (TPSA) is 68.8 Å². The summed E-state index contributed by atoms with van der Waals surface area (Å²) in [6.45, 7) is 7.70. The number of benzene rings is 1. The van der Waals surface area contributed by atoms with E-state index in [4.69, 9.17) is 14.2 Å². The van der Waals surface area contributed by atoms with Crippen LogP contribution in [0.5, 0.6) is 11.5 Å². The molecule has 6 nitrogen and oxygen atoms in total. The van der Waals surface area contributed by atoms with E-state index in [1.807, 2.05) is 32.0 Å². The van der Waals surface area contributed by atoms with E-state index in [0.717, 1.165) is 12.0 Å². The molecule has 0 radical (unpaired) electrons. The smallest absolute Gasteiger partial charge is 0.315 e. The number of urea groups is 1. The number of unbranched alkanes of at least 4 members (excludes halogenated alkanes) is 5. The molecule has 0 aliphatic heterocycles. The number of carbonyl (C=O) groups excluding carboxylic acids is 1. The molecule has 1 unspecified atom stereocenters. The van der Waals surface area contributed by atoms with Gasteiger partial charge in [-0.05, 0) is 38.0 Å². The summed E-state index contributed by atoms with van der Waals surface area (Å²) >= 11 is 0. The van der Waals surface area contributed by atoms with Crippen molar-refractivity contribution < 1.29 is 19.0 Å². The summed E-state index contributed by atoms with van der Waals surface area (Å²) in [6, 6.07) is 5.46. The van der Waals surface area contributed by atoms with Crippen LogP contribution in [0.2, 0.25) is 0 Å². The molecule has 1 aromatic carbocycles. The van der Waals surface area contributed by atoms with Crippen LogP contribution in [0.25, 0.3) is 0 Å². The second-order valence-electron chi connectivity index (χ2n) is 6.50. The molecule has 0 spiro atoms. The third kappa shape index (κ3) is 10.1. The Morgan fingerprint density at radius 2 is 1.78 bits per heavy atom. The summed E-state index contributed by atoms with van der Waals surface area (Å²) in [7, 11) is 1.60. The summed E-state index contributed by atoms with van der Waals surface area (Å²) in [5, 5.41) is 5.77. The Balaban J connectivity index is 2.33. The highest BCUT2D eigenvalue weighted by Gasteiger charge is 2.10. The summed E-state index contributed by atoms with van der Waals surface area (Å²) in [5.74, 6) is 1.24. The van der Waals surface area contributed by atoms with Crippen molar-refractivity contribution in [1.82, 2.24) is 10.6 Å². The van der Waals surface area contributed by atoms with Crippen molar-refractivity contribution in [2.24, 2.45) is 0 Å². The number of amides is 2. The lowest BCUT2D eigenvalue weighted by molar-refractivity contribution is -0.0623. The molecule has 154 valence electrons. The van der Waals surface area contributed by atoms with Gasteiger partial charge in [0.2, 0.25) is 0 Å². The molecule has 0 bridgehead atoms. The molecule has 0 aliphatic carbocycles. The number of methoxy groups -OCH3 is 1. The number of hydrogen-bond donors (Lipinski definition) is 2. The zero-order valence-electron chi connectivity index (χ0n) is 17.3. The molecular formula is C21H36N2O4. The first-order valence-electron chi connectivity index (χ1n) is 10.1. The zero-order chi connectivity index (χ0) is 19.9. The molecule has 2 amide bonds. The normalized spacial score (nSPS) is 11.7. The zero-order valence-corrected chi connectivity index (χ0v) is 17.3. The van der Waals surface area contributed by atoms with Crippen molar-refractivity contribution in [3.63, 3.8) is 0 Å². The maximum atomic E-state index is 11.9. The Morgan fingerprint density at radius 1 is 1.04 bits per heavy atom. The van der Waals surface area contributed by atoms with Crippen LogP contribution in [-0.4, -0.2) is 32.6 Å². The van der Waals surface area contributed by atoms with Crippen molar-refractivity contribution in [3.8, 4) is 11.5 Å². The Hall–Kier alpha value is -1.95. The van der Waals surface area contributed by atoms with Crippen LogP contribution in [-0.2, 0) is 11.3 Å². The van der Waals surface area contributed by atoms with Crippen LogP contribution >= 0.6 is 0 Å². The summed E-state index contributed by atoms with van der Waals surface area (Å²) < 4.78 is 16.5. The third-order valence-electron chi connectivity index (χ3n) is 4.19. The average molecular weight is 381 g/mol. The molecular weight excluding hydrogens is 344 g/mol. The second kappa shape index (κ2) is 14.2. The van der Waals surface area contributed by atoms with Gasteiger partial charge in [-0.1, -0.05) is 45.1 Å². The summed E-state index contributed by atoms with van der Waals surface area (Å²) in [6.07, 6.45) is 6.92. The van der Waals surface area contributed by atoms with E-state index in [2.05, 4.69) is 17.6 Å². The van der Waals surface area contributed by atoms with E-state index in [1.54, 1.807) is 7.11 Å². The first-order valence-corrected chi connectivity index (χ1v) is 10.1. The van der Waals surface area contributed by atoms with Gasteiger partial charge >= 0.3 is 6.03 Å². The van der Waals surface area contributed by atoms with Gasteiger partial charge in [0, 0.05) is 19.7 Å². The highest BCUT2D eigenvalue weighted by Crippen LogP contribution is 2.29. The fraction of sp³-hybridized carbons (Fsp3) is 0.667. The molecule has 2 N–H and O–H groups in total. The maximum Gasteiger partial charge on any atom is 0.315 e. The highest BCUT2D eigenvalue weighted by molar-refractivity contribution is 5.73. The lowest BCUT2D eigenvalue weighted by atomic mass is 10.1. The maximum absolute atomic E-state index is 11.9. The molecule has 0 fully saturated rings. The van der Waals surface area contributed by atoms with Gasteiger partial charge in [0.1, 0.15) is 0 Å². The lowest BCUT2D eigenvalue weighted by Gasteiger charge is -2.17. The Kier molecular flexibility index (Phi) is 12.1. The second-order valence-corrected chi connectivity index (χ2v) is 6.50. The minimum atomic E-state index is -0.347. The Bertz CT molecular complexity index is 537. The fourth-order valence-electron chi connectivity index (χ4n) is 2.72. The lowest BCUT2D eigenvalue weighted by Crippen LogP contribution is -2.35. The molecule has 0 saturated heterocycles. The average Bonchev–Trinajstić information content (AvgIpc) is 2.66. The third-order valence-corrected chi connectivity index (χ3v) is 4.19. The Morgan fingerprint density at radius 3 is 2.48 bits per heavy atom. The first-order chi connectivity index (χ1) is 13.1. The molecule has 6 heteroatoms. The van der Waals surface area contributed by atoms with Crippen molar-refractivity contribution in [1.29, 1.82) is 0 Å². The first kappa shape index (κ1) is 23.1. The van der Waals surface area contributed by atoms with Gasteiger partial charge in [0.05, 0.1) is 7.11 Å². The van der Waals surface area contributed by atoms with E-state index in [0.29, 0.717) is 31.2 Å². The highest BCUT2D eigenvalue weighted by atomic mass is 16.7. The largest absolute Gasteiger partial charge is 0.493 e. The molecule has 0 aliphatic rings. The number of nitrogens with one attached hydrogen (secondary N) is 2. The van der Waals surface area contributed by atoms with Gasteiger partial charge in [-0.3, -0.25) is 0 Å². The number of ether oxygens (including phenoxy) is 3. The fourth-order valence-corrected chi connectivity index (χ4v) is 2.72. The van der Waals surface area contributed by atoms with Crippen LogP contribution in [0.15, 0.2) is 18.2 Å². The molecule has 0 aromatic heterocycles. The summed E-state index contributed by atoms with van der Waals surface area (Å²) in [5.41, 5.74) is 0.943. The standard InChI is InChI=1S/C21H36N2O4/c1-5-7-8-9-10-11-14-22-21(24)23-16-18-12-13-19(20(15-18)25-4)27-17(3)26-6-2/h12-13,15,17H,5-11,14,16H2,1-4H3,(H2,22,23,24). The molecule has 1 atom stereocenters. The van der Waals surface area contributed by atoms with Gasteiger partial charge in [-0.15, -0.1) is 0 Å². The van der Waals surface area contributed by atoms with Gasteiger partial charge in [0.25, 0.3) is 0 Å². The minimum absolute atomic E-state index is 0.146. The van der Waals surface area contributed by atoms with E-state index >= 15 is 0 Å². The van der Waals surface area contributed by atoms with E-state index in [-0.39, 0.29) is 12.3 Å². The van der Waals surface area contributed by atoms with Crippen LogP contribution in [0.4, 0.5) is 4.79 Å². The van der Waals surface area contributed by atoms with E-state index in [9.17, 15) is 4.79 Å².